The Labute approximate surface area is 114 Å². The summed E-state index contributed by atoms with van der Waals surface area (Å²) in [5.74, 6) is -0.0244. The van der Waals surface area contributed by atoms with Gasteiger partial charge in [0.25, 0.3) is 0 Å². The molecule has 4 heteroatoms. The second kappa shape index (κ2) is 6.17. The van der Waals surface area contributed by atoms with Gasteiger partial charge in [0, 0.05) is 13.2 Å². The van der Waals surface area contributed by atoms with Gasteiger partial charge in [-0.1, -0.05) is 30.3 Å². The summed E-state index contributed by atoms with van der Waals surface area (Å²) in [6.45, 7) is 3.29. The van der Waals surface area contributed by atoms with E-state index in [9.17, 15) is 4.79 Å². The lowest BCUT2D eigenvalue weighted by Gasteiger charge is -2.14. The maximum absolute atomic E-state index is 11.6. The molecule has 0 heterocycles. The SMILES string of the molecule is CC(OCCCNC(=O)C1(N)CC1)c1ccccc1. The van der Waals surface area contributed by atoms with Crippen LogP contribution in [0.2, 0.25) is 0 Å². The first kappa shape index (κ1) is 14.0. The molecule has 0 saturated heterocycles. The molecule has 4 nitrogen and oxygen atoms in total. The van der Waals surface area contributed by atoms with Crippen LogP contribution in [0.5, 0.6) is 0 Å². The zero-order valence-electron chi connectivity index (χ0n) is 11.4. The normalized spacial score (nSPS) is 17.8. The van der Waals surface area contributed by atoms with Crippen molar-refractivity contribution in [1.82, 2.24) is 5.32 Å². The number of rotatable bonds is 7. The number of nitrogens with two attached hydrogens (primary N) is 1. The van der Waals surface area contributed by atoms with Gasteiger partial charge in [-0.05, 0) is 31.7 Å². The highest BCUT2D eigenvalue weighted by Gasteiger charge is 2.45. The van der Waals surface area contributed by atoms with Crippen molar-refractivity contribution in [1.29, 1.82) is 0 Å². The van der Waals surface area contributed by atoms with E-state index in [2.05, 4.69) is 17.4 Å². The molecule has 1 fully saturated rings. The maximum atomic E-state index is 11.6. The molecule has 1 aromatic carbocycles. The smallest absolute Gasteiger partial charge is 0.240 e. The van der Waals surface area contributed by atoms with Crippen molar-refractivity contribution in [2.24, 2.45) is 5.73 Å². The second-order valence-corrected chi connectivity index (χ2v) is 5.19. The molecule has 3 N–H and O–H groups in total. The van der Waals surface area contributed by atoms with Gasteiger partial charge >= 0.3 is 0 Å². The number of hydrogen-bond donors (Lipinski definition) is 2. The number of benzene rings is 1. The van der Waals surface area contributed by atoms with Crippen LogP contribution < -0.4 is 11.1 Å². The van der Waals surface area contributed by atoms with Crippen LogP contribution in [0, 0.1) is 0 Å². The Morgan fingerprint density at radius 1 is 1.42 bits per heavy atom. The molecule has 19 heavy (non-hydrogen) atoms. The van der Waals surface area contributed by atoms with Gasteiger partial charge in [-0.2, -0.15) is 0 Å². The van der Waals surface area contributed by atoms with E-state index in [4.69, 9.17) is 10.5 Å². The summed E-state index contributed by atoms with van der Waals surface area (Å²) >= 11 is 0. The van der Waals surface area contributed by atoms with Crippen LogP contribution in [0.4, 0.5) is 0 Å². The lowest BCUT2D eigenvalue weighted by atomic mass is 10.1. The molecule has 1 unspecified atom stereocenters. The molecule has 1 aromatic rings. The lowest BCUT2D eigenvalue weighted by molar-refractivity contribution is -0.123. The van der Waals surface area contributed by atoms with Crippen molar-refractivity contribution < 1.29 is 9.53 Å². The summed E-state index contributed by atoms with van der Waals surface area (Å²) in [7, 11) is 0. The highest BCUT2D eigenvalue weighted by atomic mass is 16.5. The molecule has 0 spiro atoms. The minimum absolute atomic E-state index is 0.0244. The highest BCUT2D eigenvalue weighted by molar-refractivity contribution is 5.88. The van der Waals surface area contributed by atoms with E-state index in [-0.39, 0.29) is 12.0 Å². The molecule has 1 atom stereocenters. The predicted molar refractivity (Wildman–Crippen MR) is 74.6 cm³/mol. The van der Waals surface area contributed by atoms with Crippen LogP contribution in [-0.4, -0.2) is 24.6 Å². The molecule has 0 aromatic heterocycles. The summed E-state index contributed by atoms with van der Waals surface area (Å²) in [6.07, 6.45) is 2.50. The Morgan fingerprint density at radius 2 is 2.11 bits per heavy atom. The Kier molecular flexibility index (Phi) is 4.56. The molecule has 2 rings (SSSR count). The summed E-state index contributed by atoms with van der Waals surface area (Å²) in [6, 6.07) is 10.1. The van der Waals surface area contributed by atoms with Gasteiger partial charge in [0.2, 0.25) is 5.91 Å². The summed E-state index contributed by atoms with van der Waals surface area (Å²) in [4.78, 5) is 11.6. The van der Waals surface area contributed by atoms with Crippen molar-refractivity contribution in [3.8, 4) is 0 Å². The number of nitrogens with one attached hydrogen (secondary N) is 1. The zero-order valence-corrected chi connectivity index (χ0v) is 11.4. The Morgan fingerprint density at radius 3 is 2.74 bits per heavy atom. The van der Waals surface area contributed by atoms with Crippen molar-refractivity contribution in [3.63, 3.8) is 0 Å². The number of carbonyl (C=O) groups is 1. The van der Waals surface area contributed by atoms with Gasteiger partial charge < -0.3 is 15.8 Å². The molecule has 104 valence electrons. The van der Waals surface area contributed by atoms with Gasteiger partial charge in [-0.25, -0.2) is 0 Å². The molecule has 1 saturated carbocycles. The van der Waals surface area contributed by atoms with Crippen molar-refractivity contribution in [3.05, 3.63) is 35.9 Å². The maximum Gasteiger partial charge on any atom is 0.240 e. The van der Waals surface area contributed by atoms with E-state index in [1.54, 1.807) is 0 Å². The molecular formula is C15H22N2O2. The van der Waals surface area contributed by atoms with Crippen molar-refractivity contribution in [2.75, 3.05) is 13.2 Å². The van der Waals surface area contributed by atoms with Gasteiger partial charge in [-0.3, -0.25) is 4.79 Å². The third kappa shape index (κ3) is 4.04. The topological polar surface area (TPSA) is 64.3 Å². The Hall–Kier alpha value is -1.39. The van der Waals surface area contributed by atoms with Gasteiger partial charge in [-0.15, -0.1) is 0 Å². The number of amides is 1. The average Bonchev–Trinajstić information content (AvgIpc) is 3.18. The van der Waals surface area contributed by atoms with Crippen molar-refractivity contribution >= 4 is 5.91 Å². The van der Waals surface area contributed by atoms with Crippen LogP contribution in [0.3, 0.4) is 0 Å². The first-order chi connectivity index (χ1) is 9.12. The molecule has 1 aliphatic rings. The van der Waals surface area contributed by atoms with Crippen LogP contribution in [0.1, 0.15) is 37.9 Å². The molecule has 0 radical (unpaired) electrons. The predicted octanol–water partition coefficient (Wildman–Crippen LogP) is 1.76. The molecule has 1 aliphatic carbocycles. The fraction of sp³-hybridized carbons (Fsp3) is 0.533. The fourth-order valence-electron chi connectivity index (χ4n) is 1.89. The second-order valence-electron chi connectivity index (χ2n) is 5.19. The largest absolute Gasteiger partial charge is 0.374 e. The van der Waals surface area contributed by atoms with E-state index in [0.29, 0.717) is 13.2 Å². The van der Waals surface area contributed by atoms with Gasteiger partial charge in [0.05, 0.1) is 11.6 Å². The highest BCUT2D eigenvalue weighted by Crippen LogP contribution is 2.31. The third-order valence-electron chi connectivity index (χ3n) is 3.48. The van der Waals surface area contributed by atoms with Crippen molar-refractivity contribution in [2.45, 2.75) is 37.8 Å². The summed E-state index contributed by atoms with van der Waals surface area (Å²) < 4.78 is 5.73. The minimum atomic E-state index is -0.571. The van der Waals surface area contributed by atoms with E-state index in [1.807, 2.05) is 25.1 Å². The van der Waals surface area contributed by atoms with E-state index < -0.39 is 5.54 Å². The van der Waals surface area contributed by atoms with E-state index in [0.717, 1.165) is 19.3 Å². The van der Waals surface area contributed by atoms with Crippen LogP contribution >= 0.6 is 0 Å². The monoisotopic (exact) mass is 262 g/mol. The molecule has 1 amide bonds. The first-order valence-electron chi connectivity index (χ1n) is 6.85. The molecular weight excluding hydrogens is 240 g/mol. The van der Waals surface area contributed by atoms with E-state index in [1.165, 1.54) is 5.56 Å². The van der Waals surface area contributed by atoms with E-state index >= 15 is 0 Å². The fourth-order valence-corrected chi connectivity index (χ4v) is 1.89. The number of ether oxygens (including phenoxy) is 1. The molecule has 0 bridgehead atoms. The average molecular weight is 262 g/mol. The summed E-state index contributed by atoms with van der Waals surface area (Å²) in [5, 5.41) is 2.85. The lowest BCUT2D eigenvalue weighted by Crippen LogP contribution is -2.43. The Bertz CT molecular complexity index is 415. The first-order valence-corrected chi connectivity index (χ1v) is 6.85. The standard InChI is InChI=1S/C15H22N2O2/c1-12(13-6-3-2-4-7-13)19-11-5-10-17-14(18)15(16)8-9-15/h2-4,6-7,12H,5,8-11,16H2,1H3,(H,17,18). The molecule has 0 aliphatic heterocycles. The van der Waals surface area contributed by atoms with Crippen LogP contribution in [0.25, 0.3) is 0 Å². The number of carbonyl (C=O) groups excluding carboxylic acids is 1. The zero-order chi connectivity index (χ0) is 13.7. The third-order valence-corrected chi connectivity index (χ3v) is 3.48. The minimum Gasteiger partial charge on any atom is -0.374 e. The van der Waals surface area contributed by atoms with Gasteiger partial charge in [0.1, 0.15) is 0 Å². The van der Waals surface area contributed by atoms with Gasteiger partial charge in [0.15, 0.2) is 0 Å². The van der Waals surface area contributed by atoms with Crippen LogP contribution in [0.15, 0.2) is 30.3 Å². The number of hydrogen-bond acceptors (Lipinski definition) is 3. The van der Waals surface area contributed by atoms with Crippen LogP contribution in [-0.2, 0) is 9.53 Å². The summed E-state index contributed by atoms with van der Waals surface area (Å²) in [5.41, 5.74) is 6.39. The quantitative estimate of drug-likeness (QED) is 0.736. The Balaban J connectivity index is 1.58.